The van der Waals surface area contributed by atoms with Crippen molar-refractivity contribution in [2.75, 3.05) is 6.61 Å². The number of aliphatic hydroxyl groups excluding tert-OH is 1. The third kappa shape index (κ3) is 5.95. The lowest BCUT2D eigenvalue weighted by molar-refractivity contribution is 0.266. The van der Waals surface area contributed by atoms with Crippen molar-refractivity contribution in [3.05, 3.63) is 12.7 Å². The third-order valence-electron chi connectivity index (χ3n) is 0.704. The maximum Gasteiger partial charge on any atom is 0.0585 e. The van der Waals surface area contributed by atoms with Crippen LogP contribution in [0.1, 0.15) is 6.42 Å². The van der Waals surface area contributed by atoms with Crippen LogP contribution in [0.5, 0.6) is 0 Å². The highest BCUT2D eigenvalue weighted by Crippen LogP contribution is 1.83. The highest BCUT2D eigenvalue weighted by atomic mass is 35.5. The van der Waals surface area contributed by atoms with E-state index in [1.807, 2.05) is 0 Å². The first-order valence-electron chi connectivity index (χ1n) is 2.28. The van der Waals surface area contributed by atoms with Crippen LogP contribution in [-0.2, 0) is 0 Å². The first-order valence-corrected chi connectivity index (χ1v) is 2.28. The molecule has 0 aromatic heterocycles. The number of halogens is 1. The fraction of sp³-hybridized carbons (Fsp3) is 0.600. The zero-order chi connectivity index (χ0) is 5.70. The molecule has 0 amide bonds. The molecule has 0 heterocycles. The topological polar surface area (TPSA) is 46.2 Å². The van der Waals surface area contributed by atoms with Gasteiger partial charge in [-0.2, -0.15) is 0 Å². The van der Waals surface area contributed by atoms with E-state index in [2.05, 4.69) is 6.58 Å². The second-order valence-corrected chi connectivity index (χ2v) is 1.47. The van der Waals surface area contributed by atoms with Crippen LogP contribution >= 0.6 is 12.4 Å². The van der Waals surface area contributed by atoms with Gasteiger partial charge in [0.1, 0.15) is 0 Å². The lowest BCUT2D eigenvalue weighted by Crippen LogP contribution is -2.22. The molecule has 0 aromatic carbocycles. The minimum absolute atomic E-state index is 0. The highest BCUT2D eigenvalue weighted by Gasteiger charge is 1.92. The Balaban J connectivity index is 0. The third-order valence-corrected chi connectivity index (χ3v) is 0.704. The summed E-state index contributed by atoms with van der Waals surface area (Å²) in [5.74, 6) is 0. The molecule has 0 bridgehead atoms. The van der Waals surface area contributed by atoms with E-state index in [0.29, 0.717) is 6.42 Å². The molecule has 0 rings (SSSR count). The molecule has 50 valence electrons. The zero-order valence-corrected chi connectivity index (χ0v) is 5.53. The Kier molecular flexibility index (Phi) is 9.42. The van der Waals surface area contributed by atoms with Crippen LogP contribution in [0.4, 0.5) is 0 Å². The first-order chi connectivity index (χ1) is 3.31. The molecule has 1 atom stereocenters. The summed E-state index contributed by atoms with van der Waals surface area (Å²) in [7, 11) is 0. The van der Waals surface area contributed by atoms with Gasteiger partial charge in [0, 0.05) is 6.04 Å². The monoisotopic (exact) mass is 137 g/mol. The molecular formula is C5H12ClNO. The van der Waals surface area contributed by atoms with E-state index in [0.717, 1.165) is 0 Å². The smallest absolute Gasteiger partial charge is 0.0585 e. The minimum Gasteiger partial charge on any atom is -0.395 e. The molecule has 3 heteroatoms. The van der Waals surface area contributed by atoms with Crippen LogP contribution in [0.2, 0.25) is 0 Å². The molecule has 8 heavy (non-hydrogen) atoms. The van der Waals surface area contributed by atoms with Gasteiger partial charge in [-0.3, -0.25) is 0 Å². The maximum absolute atomic E-state index is 8.29. The van der Waals surface area contributed by atoms with Crippen molar-refractivity contribution in [2.24, 2.45) is 5.73 Å². The fourth-order valence-electron chi connectivity index (χ4n) is 0.289. The van der Waals surface area contributed by atoms with Gasteiger partial charge in [-0.15, -0.1) is 19.0 Å². The normalized spacial score (nSPS) is 11.8. The van der Waals surface area contributed by atoms with Gasteiger partial charge in [0.15, 0.2) is 0 Å². The van der Waals surface area contributed by atoms with Crippen LogP contribution in [0.15, 0.2) is 12.7 Å². The summed E-state index contributed by atoms with van der Waals surface area (Å²) in [6.45, 7) is 3.51. The van der Waals surface area contributed by atoms with Crippen molar-refractivity contribution in [1.82, 2.24) is 0 Å². The van der Waals surface area contributed by atoms with Gasteiger partial charge < -0.3 is 10.8 Å². The molecular weight excluding hydrogens is 126 g/mol. The van der Waals surface area contributed by atoms with Crippen molar-refractivity contribution >= 4 is 12.4 Å². The van der Waals surface area contributed by atoms with Crippen molar-refractivity contribution in [3.63, 3.8) is 0 Å². The molecule has 0 radical (unpaired) electrons. The molecule has 0 aliphatic rings. The summed E-state index contributed by atoms with van der Waals surface area (Å²) < 4.78 is 0. The largest absolute Gasteiger partial charge is 0.395 e. The second kappa shape index (κ2) is 6.95. The number of hydrogen-bond acceptors (Lipinski definition) is 2. The van der Waals surface area contributed by atoms with Crippen molar-refractivity contribution in [3.8, 4) is 0 Å². The van der Waals surface area contributed by atoms with Crippen molar-refractivity contribution in [1.29, 1.82) is 0 Å². The van der Waals surface area contributed by atoms with Gasteiger partial charge in [0.05, 0.1) is 6.61 Å². The van der Waals surface area contributed by atoms with E-state index >= 15 is 0 Å². The SMILES string of the molecule is C=CCC(N)CO.Cl. The Morgan fingerprint density at radius 3 is 2.38 bits per heavy atom. The van der Waals surface area contributed by atoms with Crippen LogP contribution < -0.4 is 5.73 Å². The van der Waals surface area contributed by atoms with E-state index in [9.17, 15) is 0 Å². The molecule has 0 fully saturated rings. The molecule has 0 saturated heterocycles. The van der Waals surface area contributed by atoms with Crippen LogP contribution in [0, 0.1) is 0 Å². The Labute approximate surface area is 55.8 Å². The number of rotatable bonds is 3. The Bertz CT molecular complexity index is 58.4. The average molecular weight is 138 g/mol. The van der Waals surface area contributed by atoms with Gasteiger partial charge in [0.25, 0.3) is 0 Å². The molecule has 1 unspecified atom stereocenters. The molecule has 0 saturated carbocycles. The quantitative estimate of drug-likeness (QED) is 0.550. The van der Waals surface area contributed by atoms with E-state index in [4.69, 9.17) is 10.8 Å². The van der Waals surface area contributed by atoms with Gasteiger partial charge in [0.2, 0.25) is 0 Å². The average Bonchev–Trinajstić information content (AvgIpc) is 1.68. The van der Waals surface area contributed by atoms with Crippen LogP contribution in [0.25, 0.3) is 0 Å². The van der Waals surface area contributed by atoms with Gasteiger partial charge >= 0.3 is 0 Å². The van der Waals surface area contributed by atoms with E-state index in [1.165, 1.54) is 0 Å². The van der Waals surface area contributed by atoms with Gasteiger partial charge in [-0.25, -0.2) is 0 Å². The Hall–Kier alpha value is -0.0500. The van der Waals surface area contributed by atoms with E-state index < -0.39 is 0 Å². The predicted molar refractivity (Wildman–Crippen MR) is 37.1 cm³/mol. The van der Waals surface area contributed by atoms with E-state index in [-0.39, 0.29) is 25.1 Å². The highest BCUT2D eigenvalue weighted by molar-refractivity contribution is 5.85. The summed E-state index contributed by atoms with van der Waals surface area (Å²) in [6.07, 6.45) is 2.39. The van der Waals surface area contributed by atoms with Crippen molar-refractivity contribution < 1.29 is 5.11 Å². The van der Waals surface area contributed by atoms with Crippen LogP contribution in [0.3, 0.4) is 0 Å². The summed E-state index contributed by atoms with van der Waals surface area (Å²) >= 11 is 0. The number of hydrogen-bond donors (Lipinski definition) is 2. The summed E-state index contributed by atoms with van der Waals surface area (Å²) in [5, 5.41) is 8.29. The van der Waals surface area contributed by atoms with Gasteiger partial charge in [-0.05, 0) is 6.42 Å². The zero-order valence-electron chi connectivity index (χ0n) is 4.71. The van der Waals surface area contributed by atoms with Crippen molar-refractivity contribution in [2.45, 2.75) is 12.5 Å². The lowest BCUT2D eigenvalue weighted by atomic mass is 10.2. The Morgan fingerprint density at radius 2 is 2.25 bits per heavy atom. The minimum atomic E-state index is -0.113. The second-order valence-electron chi connectivity index (χ2n) is 1.47. The molecule has 3 N–H and O–H groups in total. The van der Waals surface area contributed by atoms with Crippen LogP contribution in [-0.4, -0.2) is 17.8 Å². The first kappa shape index (κ1) is 10.8. The van der Waals surface area contributed by atoms with Gasteiger partial charge in [-0.1, -0.05) is 6.08 Å². The Morgan fingerprint density at radius 1 is 1.75 bits per heavy atom. The summed E-state index contributed by atoms with van der Waals surface area (Å²) in [6, 6.07) is -0.113. The fourth-order valence-corrected chi connectivity index (χ4v) is 0.289. The maximum atomic E-state index is 8.29. The van der Waals surface area contributed by atoms with E-state index in [1.54, 1.807) is 6.08 Å². The number of aliphatic hydroxyl groups is 1. The lowest BCUT2D eigenvalue weighted by Gasteiger charge is -2.00. The summed E-state index contributed by atoms with van der Waals surface area (Å²) in [5.41, 5.74) is 5.26. The molecule has 0 aliphatic carbocycles. The molecule has 0 aliphatic heterocycles. The molecule has 0 aromatic rings. The standard InChI is InChI=1S/C5H11NO.ClH/c1-2-3-5(6)4-7;/h2,5,7H,1,3-4,6H2;1H. The predicted octanol–water partition coefficient (Wildman–Crippen LogP) is 0.304. The molecule has 0 spiro atoms. The molecule has 2 nitrogen and oxygen atoms in total. The number of nitrogens with two attached hydrogens (primary N) is 1. The summed E-state index contributed by atoms with van der Waals surface area (Å²) in [4.78, 5) is 0.